The molecule has 2 aromatic carbocycles. The average Bonchev–Trinajstić information content (AvgIpc) is 3.35. The van der Waals surface area contributed by atoms with Crippen LogP contribution in [0.4, 0.5) is 8.78 Å². The van der Waals surface area contributed by atoms with E-state index in [0.717, 1.165) is 11.6 Å². The van der Waals surface area contributed by atoms with Crippen molar-refractivity contribution in [2.24, 2.45) is 5.41 Å². The lowest BCUT2D eigenvalue weighted by Gasteiger charge is -2.43. The first-order valence-electron chi connectivity index (χ1n) is 12.6. The van der Waals surface area contributed by atoms with E-state index in [0.29, 0.717) is 29.1 Å². The van der Waals surface area contributed by atoms with Crippen LogP contribution >= 0.6 is 0 Å². The highest BCUT2D eigenvalue weighted by Gasteiger charge is 2.52. The van der Waals surface area contributed by atoms with Gasteiger partial charge in [0, 0.05) is 12.6 Å². The lowest BCUT2D eigenvalue weighted by molar-refractivity contribution is 0.0795. The minimum Gasteiger partial charge on any atom is -0.291 e. The molecule has 0 aliphatic heterocycles. The van der Waals surface area contributed by atoms with Crippen LogP contribution in [0.3, 0.4) is 0 Å². The zero-order valence-electron chi connectivity index (χ0n) is 21.0. The van der Waals surface area contributed by atoms with Crippen LogP contribution in [-0.4, -0.2) is 39.4 Å². The van der Waals surface area contributed by atoms with Gasteiger partial charge in [-0.3, -0.25) is 9.78 Å². The number of halogens is 2. The zero-order valence-corrected chi connectivity index (χ0v) is 21.8. The summed E-state index contributed by atoms with van der Waals surface area (Å²) in [7, 11) is -3.94. The lowest BCUT2D eigenvalue weighted by atomic mass is 9.62. The quantitative estimate of drug-likeness (QED) is 0.324. The molecule has 2 heterocycles. The molecule has 4 aromatic rings. The smallest absolute Gasteiger partial charge is 0.191 e. The number of Topliss-reactive ketones (excluding diaryl/α,β-unsaturated/α-hetero) is 1. The van der Waals surface area contributed by atoms with Gasteiger partial charge in [-0.15, -0.1) is 5.10 Å². The predicted octanol–water partition coefficient (Wildman–Crippen LogP) is 5.08. The van der Waals surface area contributed by atoms with E-state index in [1.54, 1.807) is 41.9 Å². The monoisotopic (exact) mass is 546 g/mol. The van der Waals surface area contributed by atoms with E-state index in [1.807, 2.05) is 6.08 Å². The molecule has 7 nitrogen and oxygen atoms in total. The van der Waals surface area contributed by atoms with Crippen molar-refractivity contribution >= 4 is 21.7 Å². The highest BCUT2D eigenvalue weighted by atomic mass is 32.2. The highest BCUT2D eigenvalue weighted by molar-refractivity contribution is 7.92. The minimum atomic E-state index is -3.94. The van der Waals surface area contributed by atoms with Crippen molar-refractivity contribution in [2.75, 3.05) is 0 Å². The molecule has 2 aromatic heterocycles. The number of ketones is 1. The van der Waals surface area contributed by atoms with Crippen molar-refractivity contribution in [2.45, 2.75) is 42.8 Å². The summed E-state index contributed by atoms with van der Waals surface area (Å²) in [5.41, 5.74) is 1.98. The normalized spacial score (nSPS) is 20.6. The van der Waals surface area contributed by atoms with Crippen LogP contribution in [0.25, 0.3) is 11.8 Å². The molecule has 0 saturated heterocycles. The van der Waals surface area contributed by atoms with Gasteiger partial charge >= 0.3 is 0 Å². The van der Waals surface area contributed by atoms with E-state index in [9.17, 15) is 22.0 Å². The Morgan fingerprint density at radius 1 is 1.08 bits per heavy atom. The molecule has 0 bridgehead atoms. The van der Waals surface area contributed by atoms with Gasteiger partial charge in [0.05, 0.1) is 32.6 Å². The fourth-order valence-electron chi connectivity index (χ4n) is 5.66. The van der Waals surface area contributed by atoms with Gasteiger partial charge in [-0.05, 0) is 86.4 Å². The summed E-state index contributed by atoms with van der Waals surface area (Å²) < 4.78 is 56.9. The van der Waals surface area contributed by atoms with Crippen LogP contribution in [-0.2, 0) is 16.3 Å². The van der Waals surface area contributed by atoms with E-state index in [1.165, 1.54) is 30.5 Å². The van der Waals surface area contributed by atoms with Gasteiger partial charge in [0.2, 0.25) is 0 Å². The summed E-state index contributed by atoms with van der Waals surface area (Å²) in [4.78, 5) is 18.3. The molecular formula is C29H24F2N4O3S. The number of aryl methyl sites for hydroxylation is 1. The second kappa shape index (κ2) is 9.30. The number of carbonyl (C=O) groups excluding carboxylic acids is 1. The van der Waals surface area contributed by atoms with Crippen molar-refractivity contribution in [3.8, 4) is 5.69 Å². The largest absolute Gasteiger partial charge is 0.291 e. The number of aromatic nitrogens is 4. The zero-order chi connectivity index (χ0) is 27.4. The fraction of sp³-hybridized carbons (Fsp3) is 0.241. The van der Waals surface area contributed by atoms with Crippen LogP contribution in [0.5, 0.6) is 0 Å². The first kappa shape index (κ1) is 25.2. The number of rotatable bonds is 5. The first-order valence-corrected chi connectivity index (χ1v) is 14.1. The van der Waals surface area contributed by atoms with Gasteiger partial charge < -0.3 is 0 Å². The summed E-state index contributed by atoms with van der Waals surface area (Å²) in [5.74, 6) is -1.25. The van der Waals surface area contributed by atoms with Crippen molar-refractivity contribution in [1.82, 2.24) is 20.0 Å². The molecule has 0 N–H and O–H groups in total. The highest BCUT2D eigenvalue weighted by Crippen LogP contribution is 2.51. The van der Waals surface area contributed by atoms with Crippen LogP contribution in [0.2, 0.25) is 0 Å². The molecule has 0 spiro atoms. The summed E-state index contributed by atoms with van der Waals surface area (Å²) in [6, 6.07) is 14.8. The number of fused-ring (bicyclic) bond motifs is 2. The molecule has 2 aliphatic rings. The molecule has 1 fully saturated rings. The standard InChI is InChI=1S/C29H24F2N4O3S/c1-18-5-11-22(15-24(18)31)39(37,38)23-12-6-19-14-27-26(33-34-35(27)21-9-7-20(30)8-10-21)17-29(19,16-23)28(36)25-4-2-3-13-32-25/h2-5,7-11,13-15,23H,6,12,16-17H2,1H3/t23-,29+/m0/s1. The Labute approximate surface area is 224 Å². The minimum absolute atomic E-state index is 0.00885. The summed E-state index contributed by atoms with van der Waals surface area (Å²) in [6.07, 6.45) is 4.14. The molecule has 2 atom stereocenters. The van der Waals surface area contributed by atoms with E-state index in [4.69, 9.17) is 0 Å². The van der Waals surface area contributed by atoms with E-state index in [2.05, 4.69) is 15.3 Å². The Morgan fingerprint density at radius 2 is 1.87 bits per heavy atom. The van der Waals surface area contributed by atoms with Gasteiger partial charge in [0.15, 0.2) is 15.6 Å². The summed E-state index contributed by atoms with van der Waals surface area (Å²) in [5, 5.41) is 7.70. The second-order valence-corrected chi connectivity index (χ2v) is 12.3. The Hall–Kier alpha value is -4.05. The van der Waals surface area contributed by atoms with Gasteiger partial charge in [0.25, 0.3) is 0 Å². The number of carbonyl (C=O) groups is 1. The SMILES string of the molecule is Cc1ccc(S(=O)(=O)[C@H]2CCC3=Cc4c(nnn4-c4ccc(F)cc4)C[C@]3(C(=O)c3ccccn3)C2)cc1F. The van der Waals surface area contributed by atoms with Crippen LogP contribution < -0.4 is 0 Å². The molecule has 0 unspecified atom stereocenters. The number of nitrogens with zero attached hydrogens (tertiary/aromatic N) is 4. The molecule has 0 amide bonds. The average molecular weight is 547 g/mol. The van der Waals surface area contributed by atoms with Crippen molar-refractivity contribution in [3.05, 3.63) is 107 Å². The predicted molar refractivity (Wildman–Crippen MR) is 140 cm³/mol. The molecule has 198 valence electrons. The Morgan fingerprint density at radius 3 is 2.59 bits per heavy atom. The topological polar surface area (TPSA) is 94.8 Å². The van der Waals surface area contributed by atoms with E-state index < -0.39 is 26.3 Å². The van der Waals surface area contributed by atoms with Crippen LogP contribution in [0, 0.1) is 24.0 Å². The van der Waals surface area contributed by atoms with Gasteiger partial charge in [-0.25, -0.2) is 21.9 Å². The lowest BCUT2D eigenvalue weighted by Crippen LogP contribution is -2.46. The molecule has 10 heteroatoms. The van der Waals surface area contributed by atoms with Gasteiger partial charge in [-0.2, -0.15) is 0 Å². The third-order valence-corrected chi connectivity index (χ3v) is 9.99. The van der Waals surface area contributed by atoms with Crippen LogP contribution in [0.15, 0.2) is 77.3 Å². The maximum Gasteiger partial charge on any atom is 0.191 e. The number of sulfone groups is 1. The number of hydrogen-bond acceptors (Lipinski definition) is 6. The number of pyridine rings is 1. The summed E-state index contributed by atoms with van der Waals surface area (Å²) in [6.45, 7) is 1.57. The third kappa shape index (κ3) is 4.19. The maximum absolute atomic E-state index is 14.3. The van der Waals surface area contributed by atoms with Crippen molar-refractivity contribution in [3.63, 3.8) is 0 Å². The third-order valence-electron chi connectivity index (χ3n) is 7.80. The maximum atomic E-state index is 14.3. The van der Waals surface area contributed by atoms with Crippen molar-refractivity contribution < 1.29 is 22.0 Å². The molecule has 2 aliphatic carbocycles. The fourth-order valence-corrected chi connectivity index (χ4v) is 7.50. The Kier molecular flexibility index (Phi) is 6.02. The molecule has 0 radical (unpaired) electrons. The molecule has 1 saturated carbocycles. The Balaban J connectivity index is 1.45. The Bertz CT molecular complexity index is 1730. The van der Waals surface area contributed by atoms with E-state index in [-0.39, 0.29) is 41.5 Å². The van der Waals surface area contributed by atoms with Crippen LogP contribution in [0.1, 0.15) is 46.7 Å². The first-order chi connectivity index (χ1) is 18.7. The van der Waals surface area contributed by atoms with Gasteiger partial charge in [0.1, 0.15) is 17.3 Å². The summed E-state index contributed by atoms with van der Waals surface area (Å²) >= 11 is 0. The number of benzene rings is 2. The van der Waals surface area contributed by atoms with E-state index >= 15 is 0 Å². The molecule has 6 rings (SSSR count). The molecule has 39 heavy (non-hydrogen) atoms. The molecular weight excluding hydrogens is 522 g/mol. The number of hydrogen-bond donors (Lipinski definition) is 0. The van der Waals surface area contributed by atoms with Gasteiger partial charge in [-0.1, -0.05) is 22.9 Å². The van der Waals surface area contributed by atoms with Crippen molar-refractivity contribution in [1.29, 1.82) is 0 Å². The number of allylic oxidation sites excluding steroid dienone is 1. The second-order valence-electron chi connectivity index (χ2n) is 10.1.